The molecule has 0 fully saturated rings. The number of nitrogens with zero attached hydrogens (tertiary/aromatic N) is 2. The fourth-order valence-corrected chi connectivity index (χ4v) is 3.93. The lowest BCUT2D eigenvalue weighted by Gasteiger charge is -2.17. The summed E-state index contributed by atoms with van der Waals surface area (Å²) >= 11 is 3.40. The summed E-state index contributed by atoms with van der Waals surface area (Å²) in [5, 5.41) is 3.08. The normalized spacial score (nSPS) is 12.0. The molecule has 32 heavy (non-hydrogen) atoms. The fourth-order valence-electron chi connectivity index (χ4n) is 3.66. The number of hydrogen-bond acceptors (Lipinski definition) is 3. The number of carbonyl (C=O) groups is 1. The van der Waals surface area contributed by atoms with Crippen LogP contribution in [0.15, 0.2) is 71.2 Å². The molecule has 0 bridgehead atoms. The van der Waals surface area contributed by atoms with Crippen molar-refractivity contribution in [3.05, 3.63) is 93.7 Å². The highest BCUT2D eigenvalue weighted by Crippen LogP contribution is 2.22. The SMILES string of the molecule is Cc1ccc(OCCn2c(C(C)NC(=O)c3ccc(Br)cc3)nc3ccccc32)cc1C. The third kappa shape index (κ3) is 4.86. The number of rotatable bonds is 7. The molecule has 4 rings (SSSR count). The summed E-state index contributed by atoms with van der Waals surface area (Å²) in [6.07, 6.45) is 0. The predicted octanol–water partition coefficient (Wildman–Crippen LogP) is 5.99. The summed E-state index contributed by atoms with van der Waals surface area (Å²) in [5.74, 6) is 1.53. The number of carbonyl (C=O) groups excluding carboxylic acids is 1. The zero-order chi connectivity index (χ0) is 22.7. The Morgan fingerprint density at radius 2 is 1.81 bits per heavy atom. The highest BCUT2D eigenvalue weighted by Gasteiger charge is 2.19. The van der Waals surface area contributed by atoms with Gasteiger partial charge in [0, 0.05) is 10.0 Å². The second-order valence-corrected chi connectivity index (χ2v) is 8.82. The topological polar surface area (TPSA) is 56.1 Å². The Morgan fingerprint density at radius 3 is 2.56 bits per heavy atom. The average molecular weight is 492 g/mol. The van der Waals surface area contributed by atoms with Gasteiger partial charge in [-0.05, 0) is 80.4 Å². The van der Waals surface area contributed by atoms with Crippen LogP contribution in [0.3, 0.4) is 0 Å². The Balaban J connectivity index is 1.53. The van der Waals surface area contributed by atoms with E-state index < -0.39 is 0 Å². The Labute approximate surface area is 196 Å². The van der Waals surface area contributed by atoms with Crippen molar-refractivity contribution in [1.29, 1.82) is 0 Å². The van der Waals surface area contributed by atoms with Gasteiger partial charge in [-0.1, -0.05) is 34.1 Å². The van der Waals surface area contributed by atoms with Gasteiger partial charge >= 0.3 is 0 Å². The standard InChI is InChI=1S/C26H26BrN3O2/c1-17-8-13-22(16-18(17)2)32-15-14-30-24-7-5-4-6-23(24)29-25(30)19(3)28-26(31)20-9-11-21(27)12-10-20/h4-13,16,19H,14-15H2,1-3H3,(H,28,31). The second-order valence-electron chi connectivity index (χ2n) is 7.91. The first-order valence-electron chi connectivity index (χ1n) is 10.6. The van der Waals surface area contributed by atoms with Gasteiger partial charge in [-0.3, -0.25) is 4.79 Å². The van der Waals surface area contributed by atoms with E-state index in [4.69, 9.17) is 9.72 Å². The van der Waals surface area contributed by atoms with E-state index >= 15 is 0 Å². The fraction of sp³-hybridized carbons (Fsp3) is 0.231. The average Bonchev–Trinajstić information content (AvgIpc) is 3.15. The number of nitrogens with one attached hydrogen (secondary N) is 1. The van der Waals surface area contributed by atoms with Crippen LogP contribution in [-0.4, -0.2) is 22.1 Å². The van der Waals surface area contributed by atoms with Crippen LogP contribution in [0.4, 0.5) is 0 Å². The highest BCUT2D eigenvalue weighted by atomic mass is 79.9. The van der Waals surface area contributed by atoms with Gasteiger partial charge < -0.3 is 14.6 Å². The maximum absolute atomic E-state index is 12.7. The van der Waals surface area contributed by atoms with Gasteiger partial charge in [0.05, 0.1) is 23.6 Å². The smallest absolute Gasteiger partial charge is 0.251 e. The lowest BCUT2D eigenvalue weighted by molar-refractivity contribution is 0.0937. The highest BCUT2D eigenvalue weighted by molar-refractivity contribution is 9.10. The van der Waals surface area contributed by atoms with Gasteiger partial charge in [0.1, 0.15) is 18.2 Å². The van der Waals surface area contributed by atoms with Crippen molar-refractivity contribution in [2.75, 3.05) is 6.61 Å². The van der Waals surface area contributed by atoms with Crippen molar-refractivity contribution >= 4 is 32.9 Å². The molecule has 0 aliphatic carbocycles. The van der Waals surface area contributed by atoms with E-state index in [-0.39, 0.29) is 11.9 Å². The van der Waals surface area contributed by atoms with Crippen LogP contribution < -0.4 is 10.1 Å². The van der Waals surface area contributed by atoms with Crippen molar-refractivity contribution in [1.82, 2.24) is 14.9 Å². The van der Waals surface area contributed by atoms with E-state index in [9.17, 15) is 4.79 Å². The lowest BCUT2D eigenvalue weighted by Crippen LogP contribution is -2.29. The molecule has 0 saturated heterocycles. The molecule has 1 N–H and O–H groups in total. The number of para-hydroxylation sites is 2. The number of imidazole rings is 1. The molecule has 3 aromatic carbocycles. The Kier molecular flexibility index (Phi) is 6.61. The molecule has 1 amide bonds. The van der Waals surface area contributed by atoms with E-state index in [2.05, 4.69) is 51.8 Å². The summed E-state index contributed by atoms with van der Waals surface area (Å²) in [6.45, 7) is 7.26. The van der Waals surface area contributed by atoms with Crippen LogP contribution in [0, 0.1) is 13.8 Å². The minimum atomic E-state index is -0.264. The predicted molar refractivity (Wildman–Crippen MR) is 131 cm³/mol. The third-order valence-corrected chi connectivity index (χ3v) is 6.12. The monoisotopic (exact) mass is 491 g/mol. The van der Waals surface area contributed by atoms with Gasteiger partial charge in [0.25, 0.3) is 5.91 Å². The van der Waals surface area contributed by atoms with Crippen molar-refractivity contribution in [2.24, 2.45) is 0 Å². The van der Waals surface area contributed by atoms with Gasteiger partial charge in [0.2, 0.25) is 0 Å². The molecule has 0 aliphatic rings. The van der Waals surface area contributed by atoms with Gasteiger partial charge in [-0.2, -0.15) is 0 Å². The van der Waals surface area contributed by atoms with Crippen LogP contribution in [0.1, 0.15) is 40.3 Å². The summed E-state index contributed by atoms with van der Waals surface area (Å²) in [4.78, 5) is 17.5. The van der Waals surface area contributed by atoms with E-state index in [0.717, 1.165) is 27.1 Å². The molecule has 5 nitrogen and oxygen atoms in total. The molecular weight excluding hydrogens is 466 g/mol. The number of fused-ring (bicyclic) bond motifs is 1. The van der Waals surface area contributed by atoms with Crippen molar-refractivity contribution in [3.8, 4) is 5.75 Å². The van der Waals surface area contributed by atoms with Crippen LogP contribution in [0.5, 0.6) is 5.75 Å². The maximum atomic E-state index is 12.7. The molecule has 164 valence electrons. The van der Waals surface area contributed by atoms with Crippen molar-refractivity contribution in [3.63, 3.8) is 0 Å². The molecule has 4 aromatic rings. The Morgan fingerprint density at radius 1 is 1.06 bits per heavy atom. The van der Waals surface area contributed by atoms with Crippen molar-refractivity contribution in [2.45, 2.75) is 33.4 Å². The number of aryl methyl sites for hydroxylation is 2. The van der Waals surface area contributed by atoms with E-state index in [1.165, 1.54) is 11.1 Å². The van der Waals surface area contributed by atoms with Crippen LogP contribution >= 0.6 is 15.9 Å². The first-order valence-corrected chi connectivity index (χ1v) is 11.4. The minimum Gasteiger partial charge on any atom is -0.492 e. The number of amides is 1. The van der Waals surface area contributed by atoms with E-state index in [1.807, 2.05) is 49.4 Å². The van der Waals surface area contributed by atoms with Gasteiger partial charge in [-0.25, -0.2) is 4.98 Å². The van der Waals surface area contributed by atoms with Gasteiger partial charge in [-0.15, -0.1) is 0 Å². The number of ether oxygens (including phenoxy) is 1. The quantitative estimate of drug-likeness (QED) is 0.345. The Bertz CT molecular complexity index is 1250. The lowest BCUT2D eigenvalue weighted by atomic mass is 10.1. The number of benzene rings is 3. The molecule has 0 radical (unpaired) electrons. The Hall–Kier alpha value is -3.12. The third-order valence-electron chi connectivity index (χ3n) is 5.59. The molecule has 6 heteroatoms. The molecule has 1 heterocycles. The molecule has 0 aliphatic heterocycles. The number of hydrogen-bond donors (Lipinski definition) is 1. The van der Waals surface area contributed by atoms with Crippen LogP contribution in [0.2, 0.25) is 0 Å². The van der Waals surface area contributed by atoms with E-state index in [1.54, 1.807) is 12.1 Å². The van der Waals surface area contributed by atoms with E-state index in [0.29, 0.717) is 18.7 Å². The molecule has 1 aromatic heterocycles. The first kappa shape index (κ1) is 22.1. The largest absolute Gasteiger partial charge is 0.492 e. The molecular formula is C26H26BrN3O2. The van der Waals surface area contributed by atoms with Crippen LogP contribution in [0.25, 0.3) is 11.0 Å². The summed E-state index contributed by atoms with van der Waals surface area (Å²) in [6, 6.07) is 21.2. The van der Waals surface area contributed by atoms with Crippen LogP contribution in [-0.2, 0) is 6.54 Å². The van der Waals surface area contributed by atoms with Crippen molar-refractivity contribution < 1.29 is 9.53 Å². The minimum absolute atomic E-state index is 0.130. The molecule has 1 unspecified atom stereocenters. The second kappa shape index (κ2) is 9.57. The zero-order valence-electron chi connectivity index (χ0n) is 18.4. The van der Waals surface area contributed by atoms with Gasteiger partial charge in [0.15, 0.2) is 0 Å². The molecule has 0 spiro atoms. The summed E-state index contributed by atoms with van der Waals surface area (Å²) in [5.41, 5.74) is 4.99. The maximum Gasteiger partial charge on any atom is 0.251 e. The number of aromatic nitrogens is 2. The zero-order valence-corrected chi connectivity index (χ0v) is 20.0. The summed E-state index contributed by atoms with van der Waals surface area (Å²) < 4.78 is 9.09. The number of halogens is 1. The summed E-state index contributed by atoms with van der Waals surface area (Å²) in [7, 11) is 0. The molecule has 1 atom stereocenters. The molecule has 0 saturated carbocycles. The first-order chi connectivity index (χ1) is 15.4.